The number of benzene rings is 2. The Kier molecular flexibility index (Phi) is 2.84. The Morgan fingerprint density at radius 1 is 1.29 bits per heavy atom. The lowest BCUT2D eigenvalue weighted by Gasteiger charge is -2.04. The van der Waals surface area contributed by atoms with Crippen molar-refractivity contribution in [1.29, 1.82) is 5.26 Å². The molecule has 0 saturated heterocycles. The maximum Gasteiger partial charge on any atom is 0.335 e. The lowest BCUT2D eigenvalue weighted by molar-refractivity contribution is 0.0697. The van der Waals surface area contributed by atoms with Crippen molar-refractivity contribution < 1.29 is 14.3 Å². The first-order valence-electron chi connectivity index (χ1n) is 5.89. The van der Waals surface area contributed by atoms with Crippen LogP contribution in [0, 0.1) is 17.1 Å². The van der Waals surface area contributed by atoms with Crippen molar-refractivity contribution in [2.45, 2.75) is 0 Å². The number of halogens is 1. The number of hydrogen-bond donors (Lipinski definition) is 1. The van der Waals surface area contributed by atoms with Gasteiger partial charge in [0.1, 0.15) is 17.4 Å². The van der Waals surface area contributed by atoms with Crippen LogP contribution in [0.4, 0.5) is 4.39 Å². The Balaban J connectivity index is 2.23. The van der Waals surface area contributed by atoms with E-state index in [4.69, 9.17) is 10.4 Å². The Hall–Kier alpha value is -3.27. The number of carboxylic acids is 1. The molecule has 0 spiro atoms. The molecule has 0 radical (unpaired) electrons. The molecule has 1 aromatic heterocycles. The van der Waals surface area contributed by atoms with Gasteiger partial charge in [0.25, 0.3) is 0 Å². The van der Waals surface area contributed by atoms with E-state index in [1.807, 2.05) is 6.07 Å². The molecule has 0 bridgehead atoms. The molecule has 2 aromatic carbocycles. The molecule has 3 rings (SSSR count). The van der Waals surface area contributed by atoms with Gasteiger partial charge in [-0.25, -0.2) is 13.9 Å². The van der Waals surface area contributed by atoms with Crippen LogP contribution in [0.5, 0.6) is 0 Å². The van der Waals surface area contributed by atoms with Gasteiger partial charge in [0.15, 0.2) is 0 Å². The highest BCUT2D eigenvalue weighted by Gasteiger charge is 2.13. The Morgan fingerprint density at radius 2 is 2.10 bits per heavy atom. The molecule has 3 aromatic rings. The van der Waals surface area contributed by atoms with E-state index >= 15 is 0 Å². The minimum absolute atomic E-state index is 0.0918. The summed E-state index contributed by atoms with van der Waals surface area (Å²) in [5.74, 6) is -1.58. The van der Waals surface area contributed by atoms with Gasteiger partial charge < -0.3 is 5.11 Å². The number of aromatic nitrogens is 3. The van der Waals surface area contributed by atoms with Crippen LogP contribution in [0.15, 0.2) is 36.4 Å². The summed E-state index contributed by atoms with van der Waals surface area (Å²) >= 11 is 0. The average molecular weight is 282 g/mol. The highest BCUT2D eigenvalue weighted by molar-refractivity contribution is 5.92. The highest BCUT2D eigenvalue weighted by atomic mass is 19.1. The molecule has 0 saturated carbocycles. The van der Waals surface area contributed by atoms with Crippen molar-refractivity contribution >= 4 is 17.0 Å². The molecule has 1 heterocycles. The fourth-order valence-corrected chi connectivity index (χ4v) is 2.02. The predicted molar refractivity (Wildman–Crippen MR) is 70.5 cm³/mol. The van der Waals surface area contributed by atoms with E-state index in [9.17, 15) is 9.18 Å². The summed E-state index contributed by atoms with van der Waals surface area (Å²) in [6.07, 6.45) is 0. The normalized spacial score (nSPS) is 10.5. The third-order valence-corrected chi connectivity index (χ3v) is 3.00. The minimum atomic E-state index is -1.06. The van der Waals surface area contributed by atoms with Gasteiger partial charge in [-0.05, 0) is 36.4 Å². The largest absolute Gasteiger partial charge is 0.478 e. The van der Waals surface area contributed by atoms with E-state index in [0.29, 0.717) is 16.7 Å². The van der Waals surface area contributed by atoms with E-state index in [1.165, 1.54) is 28.9 Å². The second-order valence-corrected chi connectivity index (χ2v) is 4.28. The molecule has 102 valence electrons. The van der Waals surface area contributed by atoms with Crippen LogP contribution in [-0.4, -0.2) is 26.1 Å². The van der Waals surface area contributed by atoms with Crippen molar-refractivity contribution in [2.75, 3.05) is 0 Å². The number of aromatic carboxylic acids is 1. The SMILES string of the molecule is N#Cc1cc(F)ccc1-n1nnc2cc(C(=O)O)ccc21. The average Bonchev–Trinajstić information content (AvgIpc) is 2.89. The monoisotopic (exact) mass is 282 g/mol. The van der Waals surface area contributed by atoms with Crippen LogP contribution in [0.2, 0.25) is 0 Å². The lowest BCUT2D eigenvalue weighted by atomic mass is 10.1. The number of rotatable bonds is 2. The maximum atomic E-state index is 13.2. The summed E-state index contributed by atoms with van der Waals surface area (Å²) < 4.78 is 14.5. The number of nitrogens with zero attached hydrogens (tertiary/aromatic N) is 4. The fourth-order valence-electron chi connectivity index (χ4n) is 2.02. The van der Waals surface area contributed by atoms with E-state index in [0.717, 1.165) is 6.07 Å². The molecule has 1 N–H and O–H groups in total. The summed E-state index contributed by atoms with van der Waals surface area (Å²) in [6, 6.07) is 9.99. The minimum Gasteiger partial charge on any atom is -0.478 e. The topological polar surface area (TPSA) is 91.8 Å². The fraction of sp³-hybridized carbons (Fsp3) is 0. The van der Waals surface area contributed by atoms with Gasteiger partial charge in [0.2, 0.25) is 0 Å². The zero-order chi connectivity index (χ0) is 15.0. The van der Waals surface area contributed by atoms with Gasteiger partial charge in [0, 0.05) is 0 Å². The standard InChI is InChI=1S/C14H7FN4O2/c15-10-2-4-12(9(5-10)7-16)19-13-3-1-8(14(20)21)6-11(13)17-18-19/h1-6H,(H,20,21). The number of carbonyl (C=O) groups is 1. The molecule has 6 nitrogen and oxygen atoms in total. The lowest BCUT2D eigenvalue weighted by Crippen LogP contribution is -2.01. The van der Waals surface area contributed by atoms with Crippen LogP contribution in [0.25, 0.3) is 16.7 Å². The van der Waals surface area contributed by atoms with Gasteiger partial charge in [-0.2, -0.15) is 5.26 Å². The summed E-state index contributed by atoms with van der Waals surface area (Å²) in [6.45, 7) is 0. The van der Waals surface area contributed by atoms with Crippen LogP contribution >= 0.6 is 0 Å². The van der Waals surface area contributed by atoms with Crippen LogP contribution in [0.3, 0.4) is 0 Å². The van der Waals surface area contributed by atoms with Gasteiger partial charge in [-0.1, -0.05) is 5.21 Å². The maximum absolute atomic E-state index is 13.2. The number of fused-ring (bicyclic) bond motifs is 1. The predicted octanol–water partition coefficient (Wildman–Crippen LogP) is 2.13. The van der Waals surface area contributed by atoms with Gasteiger partial charge in [-0.3, -0.25) is 0 Å². The van der Waals surface area contributed by atoms with E-state index in [1.54, 1.807) is 6.07 Å². The summed E-state index contributed by atoms with van der Waals surface area (Å²) in [7, 11) is 0. The van der Waals surface area contributed by atoms with Crippen molar-refractivity contribution in [2.24, 2.45) is 0 Å². The molecule has 7 heteroatoms. The van der Waals surface area contributed by atoms with Gasteiger partial charge in [0.05, 0.1) is 22.3 Å². The van der Waals surface area contributed by atoms with Gasteiger partial charge in [-0.15, -0.1) is 5.10 Å². The van der Waals surface area contributed by atoms with E-state index in [-0.39, 0.29) is 11.1 Å². The summed E-state index contributed by atoms with van der Waals surface area (Å²) in [4.78, 5) is 10.9. The van der Waals surface area contributed by atoms with Crippen LogP contribution in [0.1, 0.15) is 15.9 Å². The molecule has 0 atom stereocenters. The molecule has 21 heavy (non-hydrogen) atoms. The molecule has 0 aliphatic rings. The van der Waals surface area contributed by atoms with Crippen LogP contribution < -0.4 is 0 Å². The van der Waals surface area contributed by atoms with Crippen molar-refractivity contribution in [3.63, 3.8) is 0 Å². The molecule has 0 fully saturated rings. The third-order valence-electron chi connectivity index (χ3n) is 3.00. The number of hydrogen-bond acceptors (Lipinski definition) is 4. The molecule has 0 aliphatic carbocycles. The first kappa shape index (κ1) is 12.7. The molecule has 0 unspecified atom stereocenters. The van der Waals surface area contributed by atoms with E-state index < -0.39 is 11.8 Å². The number of carboxylic acid groups (broad SMARTS) is 1. The highest BCUT2D eigenvalue weighted by Crippen LogP contribution is 2.21. The van der Waals surface area contributed by atoms with Crippen molar-refractivity contribution in [3.8, 4) is 11.8 Å². The zero-order valence-electron chi connectivity index (χ0n) is 10.5. The smallest absolute Gasteiger partial charge is 0.335 e. The second kappa shape index (κ2) is 4.68. The summed E-state index contributed by atoms with van der Waals surface area (Å²) in [5.41, 5.74) is 1.49. The molecule has 0 amide bonds. The Bertz CT molecular complexity index is 911. The molecular formula is C14H7FN4O2. The third kappa shape index (κ3) is 2.08. The number of nitriles is 1. The van der Waals surface area contributed by atoms with Crippen molar-refractivity contribution in [1.82, 2.24) is 15.0 Å². The molecule has 0 aliphatic heterocycles. The first-order valence-corrected chi connectivity index (χ1v) is 5.89. The Morgan fingerprint density at radius 3 is 2.81 bits per heavy atom. The first-order chi connectivity index (χ1) is 10.1. The van der Waals surface area contributed by atoms with Crippen molar-refractivity contribution in [3.05, 3.63) is 53.3 Å². The van der Waals surface area contributed by atoms with Gasteiger partial charge >= 0.3 is 5.97 Å². The summed E-state index contributed by atoms with van der Waals surface area (Å²) in [5, 5.41) is 25.8. The second-order valence-electron chi connectivity index (χ2n) is 4.28. The quantitative estimate of drug-likeness (QED) is 0.777. The van der Waals surface area contributed by atoms with E-state index in [2.05, 4.69) is 10.3 Å². The molecular weight excluding hydrogens is 275 g/mol. The van der Waals surface area contributed by atoms with Crippen LogP contribution in [-0.2, 0) is 0 Å². The Labute approximate surface area is 117 Å². The zero-order valence-corrected chi connectivity index (χ0v) is 10.5.